The minimum atomic E-state index is -1.17. The second-order valence-corrected chi connectivity index (χ2v) is 4.99. The van der Waals surface area contributed by atoms with Crippen LogP contribution in [0.4, 0.5) is 5.69 Å². The fourth-order valence-corrected chi connectivity index (χ4v) is 1.97. The fourth-order valence-electron chi connectivity index (χ4n) is 1.79. The third-order valence-corrected chi connectivity index (χ3v) is 3.13. The van der Waals surface area contributed by atoms with Crippen molar-refractivity contribution in [3.63, 3.8) is 0 Å². The maximum absolute atomic E-state index is 12.1. The highest BCUT2D eigenvalue weighted by Crippen LogP contribution is 2.21. The molecule has 22 heavy (non-hydrogen) atoms. The summed E-state index contributed by atoms with van der Waals surface area (Å²) in [5.41, 5.74) is 0.0955. The molecule has 0 fully saturated rings. The van der Waals surface area contributed by atoms with Gasteiger partial charge in [-0.25, -0.2) is 4.79 Å². The zero-order valence-corrected chi connectivity index (χ0v) is 12.5. The van der Waals surface area contributed by atoms with Gasteiger partial charge in [0.1, 0.15) is 5.75 Å². The van der Waals surface area contributed by atoms with Gasteiger partial charge in [-0.2, -0.15) is 0 Å². The molecule has 0 bridgehead atoms. The Bertz CT molecular complexity index is 688. The number of benzene rings is 2. The van der Waals surface area contributed by atoms with E-state index in [1.165, 1.54) is 18.2 Å². The van der Waals surface area contributed by atoms with Gasteiger partial charge in [0.15, 0.2) is 6.10 Å². The van der Waals surface area contributed by atoms with E-state index in [0.29, 0.717) is 5.75 Å². The lowest BCUT2D eigenvalue weighted by atomic mass is 10.1. The molecule has 2 aromatic rings. The van der Waals surface area contributed by atoms with Crippen LogP contribution in [0.1, 0.15) is 17.3 Å². The molecule has 0 saturated carbocycles. The Morgan fingerprint density at radius 2 is 1.86 bits per heavy atom. The van der Waals surface area contributed by atoms with Crippen LogP contribution in [-0.2, 0) is 4.79 Å². The molecule has 1 amide bonds. The van der Waals surface area contributed by atoms with E-state index < -0.39 is 18.0 Å². The van der Waals surface area contributed by atoms with E-state index in [1.807, 2.05) is 6.07 Å². The van der Waals surface area contributed by atoms with Crippen molar-refractivity contribution < 1.29 is 19.4 Å². The number of para-hydroxylation sites is 1. The van der Waals surface area contributed by atoms with E-state index in [9.17, 15) is 9.59 Å². The van der Waals surface area contributed by atoms with Crippen molar-refractivity contribution in [3.05, 3.63) is 59.1 Å². The standard InChI is InChI=1S/C16H14ClNO4/c1-10(22-12-5-3-2-4-6-12)15(19)18-14-8-7-11(17)9-13(14)16(20)21/h2-10H,1H3,(H,18,19)(H,20,21). The van der Waals surface area contributed by atoms with E-state index in [4.69, 9.17) is 21.4 Å². The summed E-state index contributed by atoms with van der Waals surface area (Å²) in [6.07, 6.45) is -0.778. The monoisotopic (exact) mass is 319 g/mol. The molecule has 2 N–H and O–H groups in total. The van der Waals surface area contributed by atoms with Crippen molar-refractivity contribution in [2.45, 2.75) is 13.0 Å². The van der Waals surface area contributed by atoms with E-state index >= 15 is 0 Å². The molecule has 0 spiro atoms. The van der Waals surface area contributed by atoms with Gasteiger partial charge in [0.05, 0.1) is 11.3 Å². The number of halogens is 1. The second-order valence-electron chi connectivity index (χ2n) is 4.56. The lowest BCUT2D eigenvalue weighted by Crippen LogP contribution is -2.30. The number of ether oxygens (including phenoxy) is 1. The van der Waals surface area contributed by atoms with Gasteiger partial charge in [0.25, 0.3) is 5.91 Å². The van der Waals surface area contributed by atoms with E-state index in [2.05, 4.69) is 5.32 Å². The largest absolute Gasteiger partial charge is 0.481 e. The fraction of sp³-hybridized carbons (Fsp3) is 0.125. The highest BCUT2D eigenvalue weighted by Gasteiger charge is 2.18. The molecule has 0 aliphatic rings. The average molecular weight is 320 g/mol. The zero-order chi connectivity index (χ0) is 16.1. The Morgan fingerprint density at radius 3 is 2.50 bits per heavy atom. The van der Waals surface area contributed by atoms with E-state index in [-0.39, 0.29) is 16.3 Å². The minimum Gasteiger partial charge on any atom is -0.481 e. The van der Waals surface area contributed by atoms with Gasteiger partial charge < -0.3 is 15.2 Å². The maximum Gasteiger partial charge on any atom is 0.337 e. The molecule has 114 valence electrons. The van der Waals surface area contributed by atoms with Gasteiger partial charge in [-0.15, -0.1) is 0 Å². The molecule has 0 aliphatic heterocycles. The molecular weight excluding hydrogens is 306 g/mol. The first-order valence-corrected chi connectivity index (χ1v) is 6.90. The quantitative estimate of drug-likeness (QED) is 0.885. The average Bonchev–Trinajstić information content (AvgIpc) is 2.49. The predicted molar refractivity (Wildman–Crippen MR) is 83.6 cm³/mol. The molecule has 0 aromatic heterocycles. The van der Waals surface area contributed by atoms with Crippen LogP contribution < -0.4 is 10.1 Å². The van der Waals surface area contributed by atoms with Crippen molar-refractivity contribution in [1.29, 1.82) is 0 Å². The van der Waals surface area contributed by atoms with Crippen molar-refractivity contribution >= 4 is 29.2 Å². The third kappa shape index (κ3) is 3.99. The summed E-state index contributed by atoms with van der Waals surface area (Å²) in [4.78, 5) is 23.3. The third-order valence-electron chi connectivity index (χ3n) is 2.90. The van der Waals surface area contributed by atoms with E-state index in [1.54, 1.807) is 31.2 Å². The summed E-state index contributed by atoms with van der Waals surface area (Å²) in [5.74, 6) is -1.07. The number of nitrogens with one attached hydrogen (secondary N) is 1. The maximum atomic E-state index is 12.1. The van der Waals surface area contributed by atoms with Crippen molar-refractivity contribution in [2.75, 3.05) is 5.32 Å². The number of rotatable bonds is 5. The van der Waals surface area contributed by atoms with E-state index in [0.717, 1.165) is 0 Å². The Labute approximate surface area is 132 Å². The number of anilines is 1. The zero-order valence-electron chi connectivity index (χ0n) is 11.7. The number of carbonyl (C=O) groups is 2. The lowest BCUT2D eigenvalue weighted by molar-refractivity contribution is -0.122. The number of hydrogen-bond acceptors (Lipinski definition) is 3. The number of aromatic carboxylic acids is 1. The first-order chi connectivity index (χ1) is 10.5. The van der Waals surface area contributed by atoms with Crippen LogP contribution in [0, 0.1) is 0 Å². The van der Waals surface area contributed by atoms with Gasteiger partial charge in [-0.05, 0) is 37.3 Å². The van der Waals surface area contributed by atoms with Gasteiger partial charge in [0, 0.05) is 5.02 Å². The SMILES string of the molecule is CC(Oc1ccccc1)C(=O)Nc1ccc(Cl)cc1C(=O)O. The summed E-state index contributed by atoms with van der Waals surface area (Å²) in [5, 5.41) is 12.0. The normalized spacial score (nSPS) is 11.5. The second kappa shape index (κ2) is 6.95. The summed E-state index contributed by atoms with van der Waals surface area (Å²) in [7, 11) is 0. The number of carbonyl (C=O) groups excluding carboxylic acids is 1. The van der Waals surface area contributed by atoms with Crippen LogP contribution in [-0.4, -0.2) is 23.1 Å². The minimum absolute atomic E-state index is 0.0761. The molecule has 1 atom stereocenters. The number of hydrogen-bond donors (Lipinski definition) is 2. The Kier molecular flexibility index (Phi) is 5.01. The summed E-state index contributed by atoms with van der Waals surface area (Å²) in [6.45, 7) is 1.58. The van der Waals surface area contributed by atoms with Gasteiger partial charge in [-0.1, -0.05) is 29.8 Å². The summed E-state index contributed by atoms with van der Waals surface area (Å²) < 4.78 is 5.49. The molecule has 0 aliphatic carbocycles. The van der Waals surface area contributed by atoms with Crippen LogP contribution in [0.5, 0.6) is 5.75 Å². The van der Waals surface area contributed by atoms with Crippen LogP contribution in [0.15, 0.2) is 48.5 Å². The number of carboxylic acids is 1. The summed E-state index contributed by atoms with van der Waals surface area (Å²) in [6, 6.07) is 13.1. The molecule has 0 radical (unpaired) electrons. The number of carboxylic acid groups (broad SMARTS) is 1. The molecule has 6 heteroatoms. The Hall–Kier alpha value is -2.53. The molecule has 0 saturated heterocycles. The Morgan fingerprint density at radius 1 is 1.18 bits per heavy atom. The molecule has 0 heterocycles. The first-order valence-electron chi connectivity index (χ1n) is 6.53. The van der Waals surface area contributed by atoms with Gasteiger partial charge in [0.2, 0.25) is 0 Å². The van der Waals surface area contributed by atoms with Gasteiger partial charge in [-0.3, -0.25) is 4.79 Å². The van der Waals surface area contributed by atoms with Crippen LogP contribution >= 0.6 is 11.6 Å². The summed E-state index contributed by atoms with van der Waals surface area (Å²) >= 11 is 5.77. The van der Waals surface area contributed by atoms with Crippen LogP contribution in [0.2, 0.25) is 5.02 Å². The number of amides is 1. The smallest absolute Gasteiger partial charge is 0.337 e. The van der Waals surface area contributed by atoms with Crippen LogP contribution in [0.3, 0.4) is 0 Å². The molecular formula is C16H14ClNO4. The molecule has 2 rings (SSSR count). The highest BCUT2D eigenvalue weighted by molar-refractivity contribution is 6.31. The predicted octanol–water partition coefficient (Wildman–Crippen LogP) is 3.44. The first kappa shape index (κ1) is 15.9. The molecule has 2 aromatic carbocycles. The van der Waals surface area contributed by atoms with Crippen molar-refractivity contribution in [2.24, 2.45) is 0 Å². The van der Waals surface area contributed by atoms with Crippen molar-refractivity contribution in [1.82, 2.24) is 0 Å². The topological polar surface area (TPSA) is 75.6 Å². The molecule has 1 unspecified atom stereocenters. The van der Waals surface area contributed by atoms with Crippen molar-refractivity contribution in [3.8, 4) is 5.75 Å². The highest BCUT2D eigenvalue weighted by atomic mass is 35.5. The van der Waals surface area contributed by atoms with Crippen LogP contribution in [0.25, 0.3) is 0 Å². The Balaban J connectivity index is 2.10. The molecule has 5 nitrogen and oxygen atoms in total. The lowest BCUT2D eigenvalue weighted by Gasteiger charge is -2.15. The van der Waals surface area contributed by atoms with Gasteiger partial charge >= 0.3 is 5.97 Å².